The van der Waals surface area contributed by atoms with Crippen LogP contribution in [0.4, 0.5) is 0 Å². The number of hydrogen-bond donors (Lipinski definition) is 0. The zero-order chi connectivity index (χ0) is 13.0. The standard InChI is InChI=1S/C17H22Si/c1-18(2,3)14-13-16-11-7-8-12-17(16)15-9-5-4-6-10-15/h4-6,9-10,12,16H,7-8,11H2,1-3H3/t16-/m0/s1. The molecule has 0 bridgehead atoms. The van der Waals surface area contributed by atoms with Gasteiger partial charge in [0, 0.05) is 5.92 Å². The monoisotopic (exact) mass is 254 g/mol. The molecule has 0 saturated carbocycles. The molecule has 0 saturated heterocycles. The van der Waals surface area contributed by atoms with Gasteiger partial charge in [0.15, 0.2) is 0 Å². The Morgan fingerprint density at radius 1 is 1.11 bits per heavy atom. The first-order chi connectivity index (χ1) is 8.56. The molecule has 2 rings (SSSR count). The summed E-state index contributed by atoms with van der Waals surface area (Å²) in [6.07, 6.45) is 6.09. The Morgan fingerprint density at radius 2 is 1.83 bits per heavy atom. The van der Waals surface area contributed by atoms with Crippen LogP contribution in [-0.4, -0.2) is 8.07 Å². The second-order valence-corrected chi connectivity index (χ2v) is 10.8. The third-order valence-electron chi connectivity index (χ3n) is 3.17. The summed E-state index contributed by atoms with van der Waals surface area (Å²) in [6.45, 7) is 6.94. The quantitative estimate of drug-likeness (QED) is 0.501. The lowest BCUT2D eigenvalue weighted by Crippen LogP contribution is -2.17. The van der Waals surface area contributed by atoms with Gasteiger partial charge in [0.25, 0.3) is 0 Å². The maximum absolute atomic E-state index is 3.55. The van der Waals surface area contributed by atoms with Gasteiger partial charge < -0.3 is 0 Å². The third-order valence-corrected chi connectivity index (χ3v) is 4.06. The topological polar surface area (TPSA) is 0 Å². The summed E-state index contributed by atoms with van der Waals surface area (Å²) >= 11 is 0. The second kappa shape index (κ2) is 5.59. The van der Waals surface area contributed by atoms with Crippen LogP contribution in [0.1, 0.15) is 24.8 Å². The molecular formula is C17H22Si. The van der Waals surface area contributed by atoms with Gasteiger partial charge in [-0.15, -0.1) is 11.5 Å². The molecule has 1 aromatic carbocycles. The van der Waals surface area contributed by atoms with E-state index in [1.807, 2.05) is 0 Å². The average molecular weight is 254 g/mol. The highest BCUT2D eigenvalue weighted by Crippen LogP contribution is 2.32. The minimum absolute atomic E-state index is 0.452. The van der Waals surface area contributed by atoms with Gasteiger partial charge in [0.1, 0.15) is 8.07 Å². The molecule has 0 unspecified atom stereocenters. The molecule has 1 aromatic rings. The van der Waals surface area contributed by atoms with E-state index in [4.69, 9.17) is 0 Å². The lowest BCUT2D eigenvalue weighted by Gasteiger charge is -2.20. The fraction of sp³-hybridized carbons (Fsp3) is 0.412. The Bertz CT molecular complexity index is 480. The highest BCUT2D eigenvalue weighted by molar-refractivity contribution is 6.83. The molecule has 94 valence electrons. The predicted octanol–water partition coefficient (Wildman–Crippen LogP) is 4.75. The van der Waals surface area contributed by atoms with Gasteiger partial charge in [-0.25, -0.2) is 0 Å². The molecule has 18 heavy (non-hydrogen) atoms. The molecule has 0 nitrogen and oxygen atoms in total. The van der Waals surface area contributed by atoms with E-state index in [0.717, 1.165) is 0 Å². The number of hydrogen-bond acceptors (Lipinski definition) is 0. The van der Waals surface area contributed by atoms with Crippen LogP contribution in [0.3, 0.4) is 0 Å². The van der Waals surface area contributed by atoms with Crippen molar-refractivity contribution < 1.29 is 0 Å². The molecule has 0 spiro atoms. The zero-order valence-electron chi connectivity index (χ0n) is 11.7. The lowest BCUT2D eigenvalue weighted by molar-refractivity contribution is 0.661. The summed E-state index contributed by atoms with van der Waals surface area (Å²) in [5.74, 6) is 4.01. The fourth-order valence-corrected chi connectivity index (χ4v) is 2.89. The Hall–Kier alpha value is -1.26. The van der Waals surface area contributed by atoms with Crippen molar-refractivity contribution in [2.75, 3.05) is 0 Å². The molecule has 0 heterocycles. The van der Waals surface area contributed by atoms with Gasteiger partial charge in [0.05, 0.1) is 0 Å². The summed E-state index contributed by atoms with van der Waals surface area (Å²) in [4.78, 5) is 0. The van der Waals surface area contributed by atoms with Crippen molar-refractivity contribution in [3.63, 3.8) is 0 Å². The molecule has 0 aromatic heterocycles. The number of allylic oxidation sites excluding steroid dienone is 2. The van der Waals surface area contributed by atoms with Crippen molar-refractivity contribution in [1.29, 1.82) is 0 Å². The first kappa shape index (κ1) is 13.2. The molecule has 0 fully saturated rings. The normalized spacial score (nSPS) is 19.7. The van der Waals surface area contributed by atoms with E-state index < -0.39 is 8.07 Å². The maximum atomic E-state index is 3.55. The Balaban J connectivity index is 2.27. The van der Waals surface area contributed by atoms with Crippen LogP contribution < -0.4 is 0 Å². The minimum Gasteiger partial charge on any atom is -0.131 e. The molecule has 0 amide bonds. The van der Waals surface area contributed by atoms with Crippen molar-refractivity contribution in [3.05, 3.63) is 42.0 Å². The predicted molar refractivity (Wildman–Crippen MR) is 82.9 cm³/mol. The smallest absolute Gasteiger partial charge is 0.129 e. The maximum Gasteiger partial charge on any atom is 0.129 e. The fourth-order valence-electron chi connectivity index (χ4n) is 2.28. The van der Waals surface area contributed by atoms with Gasteiger partial charge in [0.2, 0.25) is 0 Å². The SMILES string of the molecule is C[Si](C)(C)C#C[C@@H]1CCCC=C1c1ccccc1. The van der Waals surface area contributed by atoms with Crippen LogP contribution in [0.5, 0.6) is 0 Å². The highest BCUT2D eigenvalue weighted by atomic mass is 28.3. The van der Waals surface area contributed by atoms with Gasteiger partial charge in [-0.2, -0.15) is 0 Å². The van der Waals surface area contributed by atoms with Crippen LogP contribution >= 0.6 is 0 Å². The molecule has 0 aliphatic heterocycles. The van der Waals surface area contributed by atoms with E-state index in [9.17, 15) is 0 Å². The van der Waals surface area contributed by atoms with Crippen LogP contribution in [0.15, 0.2) is 36.4 Å². The summed E-state index contributed by atoms with van der Waals surface area (Å²) < 4.78 is 0. The van der Waals surface area contributed by atoms with Crippen LogP contribution in [0.25, 0.3) is 5.57 Å². The van der Waals surface area contributed by atoms with Crippen molar-refractivity contribution >= 4 is 13.6 Å². The highest BCUT2D eigenvalue weighted by Gasteiger charge is 2.17. The molecular weight excluding hydrogens is 232 g/mol. The van der Waals surface area contributed by atoms with E-state index in [1.165, 1.54) is 30.4 Å². The van der Waals surface area contributed by atoms with E-state index in [0.29, 0.717) is 5.92 Å². The first-order valence-electron chi connectivity index (χ1n) is 6.84. The summed E-state index contributed by atoms with van der Waals surface area (Å²) in [7, 11) is -1.26. The largest absolute Gasteiger partial charge is 0.131 e. The van der Waals surface area contributed by atoms with Gasteiger partial charge in [-0.3, -0.25) is 0 Å². The zero-order valence-corrected chi connectivity index (χ0v) is 12.7. The minimum atomic E-state index is -1.26. The average Bonchev–Trinajstić information content (AvgIpc) is 2.37. The Labute approximate surface area is 112 Å². The lowest BCUT2D eigenvalue weighted by atomic mass is 9.84. The number of benzene rings is 1. The van der Waals surface area contributed by atoms with Crippen LogP contribution in [0.2, 0.25) is 19.6 Å². The summed E-state index contributed by atoms with van der Waals surface area (Å²) in [6, 6.07) is 10.7. The van der Waals surface area contributed by atoms with Crippen molar-refractivity contribution in [2.24, 2.45) is 5.92 Å². The van der Waals surface area contributed by atoms with Crippen molar-refractivity contribution in [1.82, 2.24) is 0 Å². The van der Waals surface area contributed by atoms with Gasteiger partial charge in [-0.05, 0) is 30.4 Å². The summed E-state index contributed by atoms with van der Waals surface area (Å²) in [5.41, 5.74) is 6.34. The van der Waals surface area contributed by atoms with Gasteiger partial charge >= 0.3 is 0 Å². The molecule has 1 atom stereocenters. The summed E-state index contributed by atoms with van der Waals surface area (Å²) in [5, 5.41) is 0. The number of rotatable bonds is 1. The Kier molecular flexibility index (Phi) is 4.09. The molecule has 0 radical (unpaired) electrons. The van der Waals surface area contributed by atoms with Crippen LogP contribution in [0, 0.1) is 17.4 Å². The van der Waals surface area contributed by atoms with E-state index >= 15 is 0 Å². The van der Waals surface area contributed by atoms with Gasteiger partial charge in [-0.1, -0.05) is 56.0 Å². The van der Waals surface area contributed by atoms with E-state index in [2.05, 4.69) is 67.5 Å². The second-order valence-electron chi connectivity index (χ2n) is 6.03. The molecule has 1 aliphatic rings. The van der Waals surface area contributed by atoms with E-state index in [-0.39, 0.29) is 0 Å². The third kappa shape index (κ3) is 3.61. The van der Waals surface area contributed by atoms with Crippen molar-refractivity contribution in [2.45, 2.75) is 38.9 Å². The van der Waals surface area contributed by atoms with Crippen molar-refractivity contribution in [3.8, 4) is 11.5 Å². The Morgan fingerprint density at radius 3 is 2.50 bits per heavy atom. The van der Waals surface area contributed by atoms with Crippen LogP contribution in [-0.2, 0) is 0 Å². The molecule has 1 heteroatoms. The molecule has 1 aliphatic carbocycles. The first-order valence-corrected chi connectivity index (χ1v) is 10.3. The molecule has 0 N–H and O–H groups in total. The van der Waals surface area contributed by atoms with E-state index in [1.54, 1.807) is 0 Å².